The molecule has 0 aliphatic carbocycles. The van der Waals surface area contributed by atoms with Crippen molar-refractivity contribution in [2.45, 2.75) is 18.9 Å². The Kier molecular flexibility index (Phi) is 7.63. The van der Waals surface area contributed by atoms with E-state index in [0.717, 1.165) is 55.5 Å². The van der Waals surface area contributed by atoms with Crippen LogP contribution in [0.4, 0.5) is 0 Å². The van der Waals surface area contributed by atoms with Crippen molar-refractivity contribution in [3.8, 4) is 11.5 Å². The number of benzene rings is 2. The molecule has 1 unspecified atom stereocenters. The molecule has 2 aliphatic rings. The normalized spacial score (nSPS) is 20.3. The van der Waals surface area contributed by atoms with Gasteiger partial charge in [-0.2, -0.15) is 0 Å². The lowest BCUT2D eigenvalue weighted by atomic mass is 9.94. The standard InChI is InChI=1S/C20H23ClN2O.2ClH/c1-22-8-10-23(11-9-22)18-13-15-4-2-3-5-19(15)24-20-7-6-17(21)12-16(20)14-18;;/h2-7,12,18H,8-11,13-14H2,1H3;2*1H. The summed E-state index contributed by atoms with van der Waals surface area (Å²) < 4.78 is 6.20. The lowest BCUT2D eigenvalue weighted by Crippen LogP contribution is -2.50. The van der Waals surface area contributed by atoms with Crippen molar-refractivity contribution in [1.82, 2.24) is 9.80 Å². The summed E-state index contributed by atoms with van der Waals surface area (Å²) in [6.45, 7) is 4.52. The van der Waals surface area contributed by atoms with Gasteiger partial charge in [0.1, 0.15) is 11.5 Å². The van der Waals surface area contributed by atoms with Crippen LogP contribution in [0, 0.1) is 0 Å². The first-order valence-corrected chi connectivity index (χ1v) is 9.03. The van der Waals surface area contributed by atoms with E-state index in [1.807, 2.05) is 18.2 Å². The van der Waals surface area contributed by atoms with Crippen LogP contribution in [-0.2, 0) is 12.8 Å². The molecule has 4 rings (SSSR count). The molecule has 2 aromatic rings. The predicted octanol–water partition coefficient (Wildman–Crippen LogP) is 4.69. The van der Waals surface area contributed by atoms with E-state index in [1.54, 1.807) is 0 Å². The third kappa shape index (κ3) is 4.65. The topological polar surface area (TPSA) is 15.7 Å². The fourth-order valence-electron chi connectivity index (χ4n) is 3.72. The van der Waals surface area contributed by atoms with Gasteiger partial charge in [-0.05, 0) is 55.3 Å². The van der Waals surface area contributed by atoms with Gasteiger partial charge in [-0.25, -0.2) is 0 Å². The largest absolute Gasteiger partial charge is 0.457 e. The van der Waals surface area contributed by atoms with Crippen molar-refractivity contribution < 1.29 is 4.74 Å². The van der Waals surface area contributed by atoms with Crippen molar-refractivity contribution in [2.75, 3.05) is 33.2 Å². The molecule has 1 atom stereocenters. The van der Waals surface area contributed by atoms with Crippen molar-refractivity contribution in [3.05, 3.63) is 58.6 Å². The molecule has 0 bridgehead atoms. The highest BCUT2D eigenvalue weighted by atomic mass is 35.5. The number of rotatable bonds is 1. The van der Waals surface area contributed by atoms with Crippen LogP contribution in [0.2, 0.25) is 5.02 Å². The molecule has 3 nitrogen and oxygen atoms in total. The summed E-state index contributed by atoms with van der Waals surface area (Å²) >= 11 is 6.25. The molecule has 0 saturated carbocycles. The highest BCUT2D eigenvalue weighted by Crippen LogP contribution is 2.35. The summed E-state index contributed by atoms with van der Waals surface area (Å²) in [5, 5.41) is 0.781. The van der Waals surface area contributed by atoms with Crippen LogP contribution in [0.25, 0.3) is 0 Å². The number of hydrogen-bond donors (Lipinski definition) is 0. The van der Waals surface area contributed by atoms with Crippen LogP contribution in [0.15, 0.2) is 42.5 Å². The van der Waals surface area contributed by atoms with Crippen LogP contribution >= 0.6 is 36.4 Å². The van der Waals surface area contributed by atoms with E-state index in [-0.39, 0.29) is 24.8 Å². The molecule has 142 valence electrons. The van der Waals surface area contributed by atoms with E-state index in [9.17, 15) is 0 Å². The number of hydrogen-bond acceptors (Lipinski definition) is 3. The fourth-order valence-corrected chi connectivity index (χ4v) is 3.92. The van der Waals surface area contributed by atoms with Crippen molar-refractivity contribution in [3.63, 3.8) is 0 Å². The average Bonchev–Trinajstić information content (AvgIpc) is 2.57. The van der Waals surface area contributed by atoms with Crippen LogP contribution in [0.1, 0.15) is 11.1 Å². The Hall–Kier alpha value is -0.970. The van der Waals surface area contributed by atoms with Gasteiger partial charge in [0.05, 0.1) is 0 Å². The van der Waals surface area contributed by atoms with Gasteiger partial charge >= 0.3 is 0 Å². The monoisotopic (exact) mass is 414 g/mol. The first-order chi connectivity index (χ1) is 11.7. The number of para-hydroxylation sites is 1. The van der Waals surface area contributed by atoms with Crippen molar-refractivity contribution in [2.24, 2.45) is 0 Å². The molecular formula is C20H25Cl3N2O. The molecule has 6 heteroatoms. The highest BCUT2D eigenvalue weighted by molar-refractivity contribution is 6.30. The minimum atomic E-state index is 0. The Labute approximate surface area is 173 Å². The molecule has 2 aromatic carbocycles. The summed E-state index contributed by atoms with van der Waals surface area (Å²) in [7, 11) is 2.20. The number of halogens is 3. The van der Waals surface area contributed by atoms with E-state index in [0.29, 0.717) is 6.04 Å². The Morgan fingerprint density at radius 2 is 1.54 bits per heavy atom. The van der Waals surface area contributed by atoms with Gasteiger partial charge in [-0.3, -0.25) is 4.90 Å². The smallest absolute Gasteiger partial charge is 0.130 e. The number of ether oxygens (including phenoxy) is 1. The number of piperazine rings is 1. The third-order valence-electron chi connectivity index (χ3n) is 5.18. The summed E-state index contributed by atoms with van der Waals surface area (Å²) in [5.74, 6) is 1.91. The Morgan fingerprint density at radius 3 is 2.31 bits per heavy atom. The SMILES string of the molecule is CN1CCN(C2Cc3ccccc3Oc3ccc(Cl)cc3C2)CC1.Cl.Cl. The molecule has 26 heavy (non-hydrogen) atoms. The summed E-state index contributed by atoms with van der Waals surface area (Å²) in [6, 6.07) is 14.9. The van der Waals surface area contributed by atoms with Gasteiger partial charge in [-0.15, -0.1) is 24.8 Å². The fraction of sp³-hybridized carbons (Fsp3) is 0.400. The molecule has 0 radical (unpaired) electrons. The molecule has 1 saturated heterocycles. The van der Waals surface area contributed by atoms with Gasteiger partial charge in [-0.1, -0.05) is 29.8 Å². The molecule has 0 amide bonds. The van der Waals surface area contributed by atoms with E-state index in [4.69, 9.17) is 16.3 Å². The maximum Gasteiger partial charge on any atom is 0.130 e. The Bertz CT molecular complexity index is 733. The second-order valence-corrected chi connectivity index (χ2v) is 7.30. The van der Waals surface area contributed by atoms with Gasteiger partial charge in [0.15, 0.2) is 0 Å². The minimum absolute atomic E-state index is 0. The lowest BCUT2D eigenvalue weighted by Gasteiger charge is -2.39. The quantitative estimate of drug-likeness (QED) is 0.672. The van der Waals surface area contributed by atoms with Crippen molar-refractivity contribution >= 4 is 36.4 Å². The van der Waals surface area contributed by atoms with Crippen LogP contribution < -0.4 is 4.74 Å². The van der Waals surface area contributed by atoms with E-state index in [2.05, 4.69) is 41.1 Å². The van der Waals surface area contributed by atoms with Crippen LogP contribution in [0.3, 0.4) is 0 Å². The van der Waals surface area contributed by atoms with E-state index >= 15 is 0 Å². The Morgan fingerprint density at radius 1 is 0.885 bits per heavy atom. The molecule has 2 aliphatic heterocycles. The summed E-state index contributed by atoms with van der Waals surface area (Å²) in [4.78, 5) is 5.04. The predicted molar refractivity (Wildman–Crippen MR) is 113 cm³/mol. The third-order valence-corrected chi connectivity index (χ3v) is 5.42. The second kappa shape index (κ2) is 9.29. The van der Waals surface area contributed by atoms with E-state index in [1.165, 1.54) is 11.1 Å². The van der Waals surface area contributed by atoms with E-state index < -0.39 is 0 Å². The number of nitrogens with zero attached hydrogens (tertiary/aromatic N) is 2. The van der Waals surface area contributed by atoms with Crippen LogP contribution in [-0.4, -0.2) is 49.1 Å². The lowest BCUT2D eigenvalue weighted by molar-refractivity contribution is 0.109. The zero-order valence-electron chi connectivity index (χ0n) is 14.9. The zero-order chi connectivity index (χ0) is 16.5. The molecule has 0 N–H and O–H groups in total. The maximum atomic E-state index is 6.25. The summed E-state index contributed by atoms with van der Waals surface area (Å²) in [5.41, 5.74) is 2.50. The van der Waals surface area contributed by atoms with Gasteiger partial charge in [0, 0.05) is 37.2 Å². The average molecular weight is 416 g/mol. The second-order valence-electron chi connectivity index (χ2n) is 6.86. The first kappa shape index (κ1) is 21.3. The number of fused-ring (bicyclic) bond motifs is 2. The number of likely N-dealkylation sites (N-methyl/N-ethyl adjacent to an activating group) is 1. The van der Waals surface area contributed by atoms with Gasteiger partial charge < -0.3 is 9.64 Å². The summed E-state index contributed by atoms with van der Waals surface area (Å²) in [6.07, 6.45) is 2.00. The molecule has 0 spiro atoms. The van der Waals surface area contributed by atoms with Crippen molar-refractivity contribution in [1.29, 1.82) is 0 Å². The first-order valence-electron chi connectivity index (χ1n) is 8.66. The maximum absolute atomic E-state index is 6.25. The molecule has 2 heterocycles. The van der Waals surface area contributed by atoms with Gasteiger partial charge in [0.2, 0.25) is 0 Å². The van der Waals surface area contributed by atoms with Crippen LogP contribution in [0.5, 0.6) is 11.5 Å². The molecule has 1 fully saturated rings. The van der Waals surface area contributed by atoms with Gasteiger partial charge in [0.25, 0.3) is 0 Å². The highest BCUT2D eigenvalue weighted by Gasteiger charge is 2.27. The molecular weight excluding hydrogens is 391 g/mol. The minimum Gasteiger partial charge on any atom is -0.457 e. The Balaban J connectivity index is 0.00000121. The zero-order valence-corrected chi connectivity index (χ0v) is 17.2. The molecule has 0 aromatic heterocycles.